The molecule has 0 amide bonds. The zero-order chi connectivity index (χ0) is 14.7. The van der Waals surface area contributed by atoms with E-state index in [1.165, 1.54) is 0 Å². The Morgan fingerprint density at radius 1 is 0.905 bits per heavy atom. The first kappa shape index (κ1) is 13.5. The number of hydrogen-bond donors (Lipinski definition) is 3. The van der Waals surface area contributed by atoms with Crippen molar-refractivity contribution in [2.24, 2.45) is 0 Å². The second-order valence-electron chi connectivity index (χ2n) is 4.85. The third kappa shape index (κ3) is 3.02. The molecule has 0 saturated carbocycles. The fraction of sp³-hybridized carbons (Fsp3) is 0.118. The molecule has 0 atom stereocenters. The third-order valence-electron chi connectivity index (χ3n) is 3.33. The molecule has 0 radical (unpaired) electrons. The van der Waals surface area contributed by atoms with Crippen LogP contribution >= 0.6 is 0 Å². The van der Waals surface area contributed by atoms with Gasteiger partial charge < -0.3 is 15.2 Å². The first-order chi connectivity index (χ1) is 10.2. The average molecular weight is 280 g/mol. The lowest BCUT2D eigenvalue weighted by Gasteiger charge is -2.04. The van der Waals surface area contributed by atoms with Gasteiger partial charge in [-0.1, -0.05) is 60.7 Å². The molecule has 2 aromatic carbocycles. The van der Waals surface area contributed by atoms with Crippen molar-refractivity contribution in [3.8, 4) is 11.4 Å². The maximum atomic E-state index is 9.52. The van der Waals surface area contributed by atoms with Crippen molar-refractivity contribution in [1.29, 1.82) is 0 Å². The van der Waals surface area contributed by atoms with Gasteiger partial charge in [-0.25, -0.2) is 4.98 Å². The van der Waals surface area contributed by atoms with E-state index >= 15 is 0 Å². The Bertz CT molecular complexity index is 706. The Morgan fingerprint density at radius 3 is 2.14 bits per heavy atom. The predicted octanol–water partition coefficient (Wildman–Crippen LogP) is 2.65. The number of benzene rings is 2. The first-order valence-corrected chi connectivity index (χ1v) is 6.78. The van der Waals surface area contributed by atoms with Gasteiger partial charge in [0.05, 0.1) is 0 Å². The molecule has 3 aromatic rings. The molecule has 0 aliphatic rings. The predicted molar refractivity (Wildman–Crippen MR) is 80.5 cm³/mol. The van der Waals surface area contributed by atoms with Crippen molar-refractivity contribution in [1.82, 2.24) is 9.97 Å². The summed E-state index contributed by atoms with van der Waals surface area (Å²) < 4.78 is 0. The largest absolute Gasteiger partial charge is 0.363 e. The van der Waals surface area contributed by atoms with E-state index in [1.807, 2.05) is 60.7 Å². The summed E-state index contributed by atoms with van der Waals surface area (Å²) in [6.07, 6.45) is -1.01. The minimum absolute atomic E-state index is 0.276. The van der Waals surface area contributed by atoms with Crippen molar-refractivity contribution < 1.29 is 10.2 Å². The van der Waals surface area contributed by atoms with Gasteiger partial charge in [0.25, 0.3) is 0 Å². The highest BCUT2D eigenvalue weighted by molar-refractivity contribution is 5.56. The number of aromatic nitrogens is 2. The van der Waals surface area contributed by atoms with E-state index in [0.29, 0.717) is 12.2 Å². The van der Waals surface area contributed by atoms with Crippen molar-refractivity contribution in [3.05, 3.63) is 77.6 Å². The smallest absolute Gasteiger partial charge is 0.197 e. The number of aliphatic hydroxyl groups is 2. The van der Waals surface area contributed by atoms with Crippen molar-refractivity contribution in [2.75, 3.05) is 0 Å². The molecule has 0 fully saturated rings. The monoisotopic (exact) mass is 280 g/mol. The standard InChI is InChI=1S/C17H16N2O2/c20-17(21)15-14(11-12-7-3-1-4-8-12)18-16(19-15)13-9-5-2-6-10-13/h1-10,17,20-21H,11H2,(H,18,19). The Hall–Kier alpha value is -2.43. The number of imidazole rings is 1. The molecule has 0 aliphatic carbocycles. The summed E-state index contributed by atoms with van der Waals surface area (Å²) in [6.45, 7) is 0. The molecule has 106 valence electrons. The van der Waals surface area contributed by atoms with Gasteiger partial charge in [-0.3, -0.25) is 0 Å². The fourth-order valence-electron chi connectivity index (χ4n) is 2.30. The molecule has 0 unspecified atom stereocenters. The highest BCUT2D eigenvalue weighted by Gasteiger charge is 2.17. The van der Waals surface area contributed by atoms with Gasteiger partial charge in [-0.15, -0.1) is 0 Å². The highest BCUT2D eigenvalue weighted by Crippen LogP contribution is 2.23. The fourth-order valence-corrected chi connectivity index (χ4v) is 2.30. The molecular weight excluding hydrogens is 264 g/mol. The van der Waals surface area contributed by atoms with Gasteiger partial charge >= 0.3 is 0 Å². The van der Waals surface area contributed by atoms with E-state index in [0.717, 1.165) is 16.8 Å². The number of nitrogens with one attached hydrogen (secondary N) is 1. The number of aliphatic hydroxyl groups excluding tert-OH is 1. The molecule has 0 saturated heterocycles. The summed E-state index contributed by atoms with van der Waals surface area (Å²) >= 11 is 0. The van der Waals surface area contributed by atoms with Gasteiger partial charge in [0.15, 0.2) is 6.29 Å². The van der Waals surface area contributed by atoms with Crippen LogP contribution in [0.1, 0.15) is 23.2 Å². The minimum Gasteiger partial charge on any atom is -0.363 e. The van der Waals surface area contributed by atoms with E-state index in [1.54, 1.807) is 0 Å². The average Bonchev–Trinajstić information content (AvgIpc) is 2.93. The van der Waals surface area contributed by atoms with E-state index in [2.05, 4.69) is 9.97 Å². The molecule has 4 nitrogen and oxygen atoms in total. The van der Waals surface area contributed by atoms with Crippen LogP contribution in [0.5, 0.6) is 0 Å². The summed E-state index contributed by atoms with van der Waals surface area (Å²) in [7, 11) is 0. The molecule has 0 bridgehead atoms. The number of H-pyrrole nitrogens is 1. The molecule has 4 heteroatoms. The van der Waals surface area contributed by atoms with Crippen molar-refractivity contribution >= 4 is 0 Å². The minimum atomic E-state index is -1.59. The van der Waals surface area contributed by atoms with E-state index in [9.17, 15) is 10.2 Å². The third-order valence-corrected chi connectivity index (χ3v) is 3.33. The number of aromatic amines is 1. The van der Waals surface area contributed by atoms with Crippen LogP contribution in [0.3, 0.4) is 0 Å². The summed E-state index contributed by atoms with van der Waals surface area (Å²) in [5.41, 5.74) is 2.99. The lowest BCUT2D eigenvalue weighted by molar-refractivity contribution is -0.0460. The van der Waals surface area contributed by atoms with E-state index in [4.69, 9.17) is 0 Å². The maximum absolute atomic E-state index is 9.52. The number of hydrogen-bond acceptors (Lipinski definition) is 3. The topological polar surface area (TPSA) is 69.1 Å². The lowest BCUT2D eigenvalue weighted by Crippen LogP contribution is -2.01. The quantitative estimate of drug-likeness (QED) is 0.643. The zero-order valence-electron chi connectivity index (χ0n) is 11.4. The van der Waals surface area contributed by atoms with Crippen LogP contribution in [-0.2, 0) is 6.42 Å². The van der Waals surface area contributed by atoms with Crippen molar-refractivity contribution in [3.63, 3.8) is 0 Å². The van der Waals surface area contributed by atoms with E-state index < -0.39 is 6.29 Å². The maximum Gasteiger partial charge on any atom is 0.197 e. The Balaban J connectivity index is 1.98. The second kappa shape index (κ2) is 5.91. The van der Waals surface area contributed by atoms with Crippen LogP contribution in [0.15, 0.2) is 60.7 Å². The van der Waals surface area contributed by atoms with Crippen molar-refractivity contribution in [2.45, 2.75) is 12.7 Å². The van der Waals surface area contributed by atoms with Crippen LogP contribution < -0.4 is 0 Å². The molecule has 1 aromatic heterocycles. The molecule has 21 heavy (non-hydrogen) atoms. The van der Waals surface area contributed by atoms with Crippen LogP contribution in [0.4, 0.5) is 0 Å². The second-order valence-corrected chi connectivity index (χ2v) is 4.85. The Labute approximate surface area is 122 Å². The normalized spacial score (nSPS) is 11.0. The van der Waals surface area contributed by atoms with Crippen LogP contribution in [0.25, 0.3) is 11.4 Å². The summed E-state index contributed by atoms with van der Waals surface area (Å²) in [5, 5.41) is 19.0. The summed E-state index contributed by atoms with van der Waals surface area (Å²) in [6, 6.07) is 19.5. The number of rotatable bonds is 4. The molecular formula is C17H16N2O2. The molecule has 0 spiro atoms. The summed E-state index contributed by atoms with van der Waals surface area (Å²) in [4.78, 5) is 7.52. The molecule has 3 N–H and O–H groups in total. The van der Waals surface area contributed by atoms with Gasteiger partial charge in [0.1, 0.15) is 11.5 Å². The van der Waals surface area contributed by atoms with Gasteiger partial charge in [-0.05, 0) is 5.56 Å². The Morgan fingerprint density at radius 2 is 1.52 bits per heavy atom. The van der Waals surface area contributed by atoms with Gasteiger partial charge in [0, 0.05) is 17.7 Å². The lowest BCUT2D eigenvalue weighted by atomic mass is 10.1. The van der Waals surface area contributed by atoms with E-state index in [-0.39, 0.29) is 5.69 Å². The van der Waals surface area contributed by atoms with Gasteiger partial charge in [-0.2, -0.15) is 0 Å². The molecule has 3 rings (SSSR count). The SMILES string of the molecule is OC(O)c1nc(-c2ccccc2)[nH]c1Cc1ccccc1. The molecule has 0 aliphatic heterocycles. The Kier molecular flexibility index (Phi) is 3.81. The van der Waals surface area contributed by atoms with Crippen LogP contribution in [0.2, 0.25) is 0 Å². The van der Waals surface area contributed by atoms with Gasteiger partial charge in [0.2, 0.25) is 0 Å². The summed E-state index contributed by atoms with van der Waals surface area (Å²) in [5.74, 6) is 0.643. The van der Waals surface area contributed by atoms with Crippen LogP contribution in [0, 0.1) is 0 Å². The zero-order valence-corrected chi connectivity index (χ0v) is 11.4. The number of nitrogens with zero attached hydrogens (tertiary/aromatic N) is 1. The first-order valence-electron chi connectivity index (χ1n) is 6.78. The highest BCUT2D eigenvalue weighted by atomic mass is 16.5. The molecule has 1 heterocycles. The van der Waals surface area contributed by atoms with Crippen LogP contribution in [-0.4, -0.2) is 20.2 Å².